The van der Waals surface area contributed by atoms with Crippen LogP contribution in [-0.2, 0) is 9.47 Å². The summed E-state index contributed by atoms with van der Waals surface area (Å²) in [7, 11) is 0. The van der Waals surface area contributed by atoms with E-state index in [0.717, 1.165) is 44.8 Å². The van der Waals surface area contributed by atoms with E-state index >= 15 is 0 Å². The molecule has 0 spiro atoms. The number of ether oxygens (including phenoxy) is 2. The molecule has 7 nitrogen and oxygen atoms in total. The third-order valence-corrected chi connectivity index (χ3v) is 5.92. The predicted octanol–water partition coefficient (Wildman–Crippen LogP) is 4.77. The molecule has 2 aliphatic rings. The third kappa shape index (κ3) is 6.03. The number of nitrogens with zero attached hydrogens (tertiary/aromatic N) is 3. The molecule has 0 amide bonds. The van der Waals surface area contributed by atoms with E-state index in [2.05, 4.69) is 52.3 Å². The molecule has 3 aromatic carbocycles. The molecule has 0 saturated heterocycles. The van der Waals surface area contributed by atoms with Crippen molar-refractivity contribution in [2.45, 2.75) is 0 Å². The van der Waals surface area contributed by atoms with E-state index in [9.17, 15) is 0 Å². The highest BCUT2D eigenvalue weighted by Gasteiger charge is 2.16. The van der Waals surface area contributed by atoms with Crippen molar-refractivity contribution in [2.75, 3.05) is 44.8 Å². The van der Waals surface area contributed by atoms with E-state index in [0.29, 0.717) is 39.5 Å². The number of para-hydroxylation sites is 4. The maximum Gasteiger partial charge on any atom is 0.0900 e. The minimum absolute atomic E-state index is 0.503. The Kier molecular flexibility index (Phi) is 8.18. The van der Waals surface area contributed by atoms with Gasteiger partial charge in [0.15, 0.2) is 0 Å². The number of rotatable bonds is 11. The largest absolute Gasteiger partial charge is 0.378 e. The van der Waals surface area contributed by atoms with Crippen LogP contribution in [0.5, 0.6) is 0 Å². The summed E-state index contributed by atoms with van der Waals surface area (Å²) in [5, 5.41) is 4.38. The van der Waals surface area contributed by atoms with Crippen LogP contribution in [0, 0.1) is 0 Å². The number of benzene rings is 4. The van der Waals surface area contributed by atoms with E-state index in [1.807, 2.05) is 54.6 Å². The molecule has 0 saturated carbocycles. The van der Waals surface area contributed by atoms with Gasteiger partial charge in [-0.1, -0.05) is 48.5 Å². The Morgan fingerprint density at radius 2 is 1.49 bits per heavy atom. The van der Waals surface area contributed by atoms with Crippen LogP contribution in [0.4, 0.5) is 11.4 Å². The topological polar surface area (TPSA) is 86.7 Å². The van der Waals surface area contributed by atoms with Crippen LogP contribution < -0.4 is 16.4 Å². The maximum atomic E-state index is 5.70. The summed E-state index contributed by atoms with van der Waals surface area (Å²) in [6, 6.07) is 32.8. The van der Waals surface area contributed by atoms with Gasteiger partial charge in [-0.25, -0.2) is 4.98 Å². The van der Waals surface area contributed by atoms with Gasteiger partial charge in [-0.05, 0) is 48.5 Å². The molecule has 0 unspecified atom stereocenters. The Hall–Kier alpha value is -4.04. The van der Waals surface area contributed by atoms with Crippen LogP contribution in [0.2, 0.25) is 0 Å². The Balaban J connectivity index is 1.57. The van der Waals surface area contributed by atoms with Crippen LogP contribution in [0.15, 0.2) is 102 Å². The Morgan fingerprint density at radius 3 is 2.27 bits per heavy atom. The molecule has 3 N–H and O–H groups in total. The second-order valence-corrected chi connectivity index (χ2v) is 8.52. The van der Waals surface area contributed by atoms with E-state index in [4.69, 9.17) is 25.2 Å². The van der Waals surface area contributed by atoms with Crippen LogP contribution in [0.25, 0.3) is 28.1 Å². The Labute approximate surface area is 216 Å². The highest BCUT2D eigenvalue weighted by molar-refractivity contribution is 5.84. The molecule has 188 valence electrons. The Morgan fingerprint density at radius 1 is 0.784 bits per heavy atom. The fourth-order valence-electron chi connectivity index (χ4n) is 4.24. The summed E-state index contributed by atoms with van der Waals surface area (Å²) in [6.07, 6.45) is 0. The molecule has 0 aromatic heterocycles. The quantitative estimate of drug-likeness (QED) is 0.205. The van der Waals surface area contributed by atoms with Gasteiger partial charge in [0.2, 0.25) is 0 Å². The lowest BCUT2D eigenvalue weighted by Gasteiger charge is -2.20. The summed E-state index contributed by atoms with van der Waals surface area (Å²) >= 11 is 0. The van der Waals surface area contributed by atoms with Gasteiger partial charge >= 0.3 is 0 Å². The van der Waals surface area contributed by atoms with Crippen molar-refractivity contribution in [3.8, 4) is 17.1 Å². The van der Waals surface area contributed by atoms with Gasteiger partial charge in [0, 0.05) is 17.9 Å². The Bertz CT molecular complexity index is 1470. The van der Waals surface area contributed by atoms with Gasteiger partial charge in [-0.3, -0.25) is 4.99 Å². The summed E-state index contributed by atoms with van der Waals surface area (Å²) in [5.74, 6) is 0. The fraction of sp³-hybridized carbons (Fsp3) is 0.200. The molecule has 37 heavy (non-hydrogen) atoms. The van der Waals surface area contributed by atoms with E-state index in [1.54, 1.807) is 0 Å². The first kappa shape index (κ1) is 24.6. The highest BCUT2D eigenvalue weighted by atomic mass is 16.5. The maximum absolute atomic E-state index is 5.70. The molecular weight excluding hydrogens is 462 g/mol. The van der Waals surface area contributed by atoms with E-state index in [1.165, 1.54) is 0 Å². The van der Waals surface area contributed by atoms with Crippen molar-refractivity contribution < 1.29 is 9.47 Å². The van der Waals surface area contributed by atoms with Crippen molar-refractivity contribution in [3.05, 3.63) is 102 Å². The van der Waals surface area contributed by atoms with Crippen molar-refractivity contribution >= 4 is 22.4 Å². The third-order valence-electron chi connectivity index (χ3n) is 5.92. The average Bonchev–Trinajstić information content (AvgIpc) is 2.94. The van der Waals surface area contributed by atoms with Gasteiger partial charge in [0.25, 0.3) is 0 Å². The first-order valence-corrected chi connectivity index (χ1v) is 12.5. The molecule has 0 radical (unpaired) electrons. The molecule has 0 bridgehead atoms. The molecule has 1 heterocycles. The van der Waals surface area contributed by atoms with Crippen molar-refractivity contribution in [2.24, 2.45) is 10.7 Å². The van der Waals surface area contributed by atoms with Gasteiger partial charge in [0.1, 0.15) is 0 Å². The normalized spacial score (nSPS) is 11.9. The lowest BCUT2D eigenvalue weighted by atomic mass is 10.1. The molecule has 7 heteroatoms. The second kappa shape index (κ2) is 12.3. The van der Waals surface area contributed by atoms with Crippen LogP contribution in [0.1, 0.15) is 0 Å². The van der Waals surface area contributed by atoms with E-state index in [-0.39, 0.29) is 0 Å². The van der Waals surface area contributed by atoms with Gasteiger partial charge in [-0.15, -0.1) is 0 Å². The summed E-state index contributed by atoms with van der Waals surface area (Å²) in [5.41, 5.74) is 12.2. The minimum atomic E-state index is 0.503. The van der Waals surface area contributed by atoms with Gasteiger partial charge in [-0.2, -0.15) is 0 Å². The molecule has 0 fully saturated rings. The van der Waals surface area contributed by atoms with Crippen LogP contribution in [-0.4, -0.2) is 49.1 Å². The minimum Gasteiger partial charge on any atom is -0.378 e. The van der Waals surface area contributed by atoms with Crippen molar-refractivity contribution in [3.63, 3.8) is 0 Å². The zero-order chi connectivity index (χ0) is 25.3. The van der Waals surface area contributed by atoms with Crippen LogP contribution >= 0.6 is 0 Å². The molecule has 1 aliphatic heterocycles. The van der Waals surface area contributed by atoms with Crippen molar-refractivity contribution in [1.82, 2.24) is 9.55 Å². The van der Waals surface area contributed by atoms with Gasteiger partial charge in [0.05, 0.1) is 66.4 Å². The number of hydrogen-bond donors (Lipinski definition) is 2. The standard InChI is InChI=1S/C30H31N5O2/c31-15-17-36-19-20-37-18-16-32-26-22-30-28(21-27(26)33-23-9-3-1-4-10-23)34-25-13-7-8-14-29(25)35(30)24-11-5-2-6-12-24/h1-14,21-22,33H,15-20,31H2/b32-26-. The van der Waals surface area contributed by atoms with Gasteiger partial charge < -0.3 is 25.1 Å². The lowest BCUT2D eigenvalue weighted by molar-refractivity contribution is 0.0538. The molecular formula is C30H31N5O2. The average molecular weight is 494 g/mol. The monoisotopic (exact) mass is 493 g/mol. The molecule has 1 aliphatic carbocycles. The number of anilines is 2. The SMILES string of the molecule is NCCOCCOCC/N=c1/cc2n(-c3ccccc3)c3ccccc3nc-2cc1Nc1ccccc1. The van der Waals surface area contributed by atoms with Crippen LogP contribution in [0.3, 0.4) is 0 Å². The number of nitrogens with two attached hydrogens (primary N) is 1. The molecule has 5 rings (SSSR count). The smallest absolute Gasteiger partial charge is 0.0900 e. The number of nitrogens with one attached hydrogen (secondary N) is 1. The zero-order valence-corrected chi connectivity index (χ0v) is 20.7. The second-order valence-electron chi connectivity index (χ2n) is 8.52. The molecule has 0 atom stereocenters. The highest BCUT2D eigenvalue weighted by Crippen LogP contribution is 2.30. The first-order chi connectivity index (χ1) is 18.3. The predicted molar refractivity (Wildman–Crippen MR) is 149 cm³/mol. The summed E-state index contributed by atoms with van der Waals surface area (Å²) in [4.78, 5) is 9.91. The number of fused-ring (bicyclic) bond motifs is 2. The molecule has 3 aromatic rings. The fourth-order valence-corrected chi connectivity index (χ4v) is 4.24. The van der Waals surface area contributed by atoms with E-state index < -0.39 is 0 Å². The lowest BCUT2D eigenvalue weighted by Crippen LogP contribution is -2.16. The summed E-state index contributed by atoms with van der Waals surface area (Å²) < 4.78 is 13.3. The number of hydrogen-bond acceptors (Lipinski definition) is 6. The zero-order valence-electron chi connectivity index (χ0n) is 20.7. The number of aromatic nitrogens is 2. The summed E-state index contributed by atoms with van der Waals surface area (Å²) in [6.45, 7) is 3.14. The first-order valence-electron chi connectivity index (χ1n) is 12.5. The van der Waals surface area contributed by atoms with Crippen molar-refractivity contribution in [1.29, 1.82) is 0 Å².